The van der Waals surface area contributed by atoms with Crippen LogP contribution in [0.1, 0.15) is 26.7 Å². The maximum atomic E-state index is 4.24. The van der Waals surface area contributed by atoms with Crippen LogP contribution >= 0.6 is 0 Å². The molecular formula is C17H23N3. The molecule has 3 heteroatoms. The van der Waals surface area contributed by atoms with Crippen LogP contribution in [0.25, 0.3) is 10.8 Å². The summed E-state index contributed by atoms with van der Waals surface area (Å²) in [5.41, 5.74) is 1.36. The maximum Gasteiger partial charge on any atom is 0.0450 e. The van der Waals surface area contributed by atoms with Crippen LogP contribution in [0.5, 0.6) is 0 Å². The molecule has 0 radical (unpaired) electrons. The summed E-state index contributed by atoms with van der Waals surface area (Å²) in [4.78, 5) is 6.83. The Morgan fingerprint density at radius 1 is 1.25 bits per heavy atom. The molecule has 106 valence electrons. The van der Waals surface area contributed by atoms with Crippen molar-refractivity contribution in [2.75, 3.05) is 18.0 Å². The van der Waals surface area contributed by atoms with Gasteiger partial charge in [0.15, 0.2) is 0 Å². The van der Waals surface area contributed by atoms with Gasteiger partial charge in [0.1, 0.15) is 0 Å². The Morgan fingerprint density at radius 2 is 2.15 bits per heavy atom. The lowest BCUT2D eigenvalue weighted by molar-refractivity contribution is 0.379. The lowest BCUT2D eigenvalue weighted by Crippen LogP contribution is -2.56. The van der Waals surface area contributed by atoms with Crippen molar-refractivity contribution in [2.45, 2.75) is 38.8 Å². The van der Waals surface area contributed by atoms with Crippen molar-refractivity contribution in [1.82, 2.24) is 10.3 Å². The van der Waals surface area contributed by atoms with E-state index in [2.05, 4.69) is 53.3 Å². The van der Waals surface area contributed by atoms with Gasteiger partial charge in [-0.3, -0.25) is 4.98 Å². The number of rotatable bonds is 3. The molecule has 0 aliphatic carbocycles. The van der Waals surface area contributed by atoms with Gasteiger partial charge in [-0.15, -0.1) is 0 Å². The highest BCUT2D eigenvalue weighted by molar-refractivity contribution is 5.93. The van der Waals surface area contributed by atoms with E-state index in [9.17, 15) is 0 Å². The van der Waals surface area contributed by atoms with E-state index in [4.69, 9.17) is 0 Å². The predicted octanol–water partition coefficient (Wildman–Crippen LogP) is 3.20. The Bertz CT molecular complexity index is 576. The number of pyridine rings is 1. The lowest BCUT2D eigenvalue weighted by Gasteiger charge is -2.42. The Labute approximate surface area is 121 Å². The Balaban J connectivity index is 2.03. The van der Waals surface area contributed by atoms with Gasteiger partial charge in [0.05, 0.1) is 0 Å². The third-order valence-electron chi connectivity index (χ3n) is 4.43. The van der Waals surface area contributed by atoms with E-state index in [1.807, 2.05) is 12.4 Å². The average molecular weight is 269 g/mol. The molecule has 1 saturated heterocycles. The van der Waals surface area contributed by atoms with E-state index in [1.165, 1.54) is 29.3 Å². The fourth-order valence-corrected chi connectivity index (χ4v) is 3.15. The van der Waals surface area contributed by atoms with Crippen LogP contribution in [-0.2, 0) is 0 Å². The molecule has 2 heterocycles. The van der Waals surface area contributed by atoms with Crippen LogP contribution in [-0.4, -0.2) is 30.2 Å². The highest BCUT2D eigenvalue weighted by Crippen LogP contribution is 2.29. The molecular weight excluding hydrogens is 246 g/mol. The molecule has 1 aromatic heterocycles. The molecule has 1 fully saturated rings. The summed E-state index contributed by atoms with van der Waals surface area (Å²) in [5.74, 6) is 0. The highest BCUT2D eigenvalue weighted by Gasteiger charge is 2.26. The minimum atomic E-state index is 0.580. The molecule has 2 aromatic rings. The molecule has 1 aliphatic heterocycles. The van der Waals surface area contributed by atoms with E-state index in [0.29, 0.717) is 12.1 Å². The maximum absolute atomic E-state index is 4.24. The number of nitrogens with one attached hydrogen (secondary N) is 1. The minimum Gasteiger partial charge on any atom is -0.365 e. The van der Waals surface area contributed by atoms with Crippen molar-refractivity contribution >= 4 is 16.5 Å². The van der Waals surface area contributed by atoms with Gasteiger partial charge < -0.3 is 10.2 Å². The summed E-state index contributed by atoms with van der Waals surface area (Å²) in [6, 6.07) is 9.86. The summed E-state index contributed by atoms with van der Waals surface area (Å²) in [7, 11) is 0. The van der Waals surface area contributed by atoms with Gasteiger partial charge in [-0.05, 0) is 25.0 Å². The number of hydrogen-bond acceptors (Lipinski definition) is 3. The number of fused-ring (bicyclic) bond motifs is 1. The van der Waals surface area contributed by atoms with Gasteiger partial charge in [-0.25, -0.2) is 0 Å². The SMILES string of the molecule is CCC1CN(c2cccc3cnccc23)C(CC)CN1. The minimum absolute atomic E-state index is 0.580. The molecule has 0 amide bonds. The first-order chi connectivity index (χ1) is 9.83. The molecule has 0 bridgehead atoms. The second-order valence-electron chi connectivity index (χ2n) is 5.60. The number of piperazine rings is 1. The summed E-state index contributed by atoms with van der Waals surface area (Å²) in [5, 5.41) is 6.21. The van der Waals surface area contributed by atoms with Crippen molar-refractivity contribution in [3.63, 3.8) is 0 Å². The van der Waals surface area contributed by atoms with Crippen LogP contribution in [0, 0.1) is 0 Å². The summed E-state index contributed by atoms with van der Waals surface area (Å²) in [6.07, 6.45) is 6.20. The number of anilines is 1. The van der Waals surface area contributed by atoms with E-state index in [-0.39, 0.29) is 0 Å². The van der Waals surface area contributed by atoms with E-state index < -0.39 is 0 Å². The van der Waals surface area contributed by atoms with E-state index in [0.717, 1.165) is 13.1 Å². The van der Waals surface area contributed by atoms with Crippen molar-refractivity contribution in [3.8, 4) is 0 Å². The fraction of sp³-hybridized carbons (Fsp3) is 0.471. The fourth-order valence-electron chi connectivity index (χ4n) is 3.15. The summed E-state index contributed by atoms with van der Waals surface area (Å²) >= 11 is 0. The van der Waals surface area contributed by atoms with Crippen molar-refractivity contribution in [1.29, 1.82) is 0 Å². The van der Waals surface area contributed by atoms with E-state index in [1.54, 1.807) is 0 Å². The zero-order chi connectivity index (χ0) is 13.9. The third-order valence-corrected chi connectivity index (χ3v) is 4.43. The van der Waals surface area contributed by atoms with Crippen molar-refractivity contribution in [3.05, 3.63) is 36.7 Å². The number of nitrogens with zero attached hydrogens (tertiary/aromatic N) is 2. The van der Waals surface area contributed by atoms with Gasteiger partial charge >= 0.3 is 0 Å². The second-order valence-corrected chi connectivity index (χ2v) is 5.60. The topological polar surface area (TPSA) is 28.2 Å². The van der Waals surface area contributed by atoms with Gasteiger partial charge in [0, 0.05) is 54.0 Å². The van der Waals surface area contributed by atoms with Crippen LogP contribution in [0.4, 0.5) is 5.69 Å². The standard InChI is InChI=1S/C17H23N3/c1-3-14-12-20(15(4-2)11-19-14)17-7-5-6-13-10-18-9-8-16(13)17/h5-10,14-15,19H,3-4,11-12H2,1-2H3. The van der Waals surface area contributed by atoms with Gasteiger partial charge in [-0.2, -0.15) is 0 Å². The molecule has 3 nitrogen and oxygen atoms in total. The Morgan fingerprint density at radius 3 is 2.95 bits per heavy atom. The molecule has 2 unspecified atom stereocenters. The van der Waals surface area contributed by atoms with Gasteiger partial charge in [0.25, 0.3) is 0 Å². The normalized spacial score (nSPS) is 23.2. The number of benzene rings is 1. The molecule has 20 heavy (non-hydrogen) atoms. The van der Waals surface area contributed by atoms with Crippen molar-refractivity contribution in [2.24, 2.45) is 0 Å². The Hall–Kier alpha value is -1.61. The van der Waals surface area contributed by atoms with Crippen LogP contribution in [0.2, 0.25) is 0 Å². The average Bonchev–Trinajstić information content (AvgIpc) is 2.53. The third kappa shape index (κ3) is 2.38. The molecule has 1 aromatic carbocycles. The first-order valence-electron chi connectivity index (χ1n) is 7.66. The van der Waals surface area contributed by atoms with Crippen LogP contribution in [0.3, 0.4) is 0 Å². The second kappa shape index (κ2) is 5.80. The number of aromatic nitrogens is 1. The number of hydrogen-bond donors (Lipinski definition) is 1. The van der Waals surface area contributed by atoms with Crippen LogP contribution in [0.15, 0.2) is 36.7 Å². The monoisotopic (exact) mass is 269 g/mol. The molecule has 1 aliphatic rings. The molecule has 0 saturated carbocycles. The van der Waals surface area contributed by atoms with E-state index >= 15 is 0 Å². The summed E-state index contributed by atoms with van der Waals surface area (Å²) < 4.78 is 0. The molecule has 2 atom stereocenters. The first kappa shape index (κ1) is 13.4. The van der Waals surface area contributed by atoms with Crippen LogP contribution < -0.4 is 10.2 Å². The van der Waals surface area contributed by atoms with Crippen molar-refractivity contribution < 1.29 is 0 Å². The molecule has 1 N–H and O–H groups in total. The van der Waals surface area contributed by atoms with Gasteiger partial charge in [-0.1, -0.05) is 26.0 Å². The highest BCUT2D eigenvalue weighted by atomic mass is 15.2. The largest absolute Gasteiger partial charge is 0.365 e. The zero-order valence-corrected chi connectivity index (χ0v) is 12.3. The molecule has 3 rings (SSSR count). The zero-order valence-electron chi connectivity index (χ0n) is 12.3. The smallest absolute Gasteiger partial charge is 0.0450 e. The Kier molecular flexibility index (Phi) is 3.88. The molecule has 0 spiro atoms. The lowest BCUT2D eigenvalue weighted by atomic mass is 10.0. The predicted molar refractivity (Wildman–Crippen MR) is 85.2 cm³/mol. The quantitative estimate of drug-likeness (QED) is 0.927. The first-order valence-corrected chi connectivity index (χ1v) is 7.66. The summed E-state index contributed by atoms with van der Waals surface area (Å²) in [6.45, 7) is 6.71. The van der Waals surface area contributed by atoms with Gasteiger partial charge in [0.2, 0.25) is 0 Å².